The molecule has 0 radical (unpaired) electrons. The molecule has 0 spiro atoms. The largest absolute Gasteiger partial charge is 0.456 e. The molecular formula is C37H24OS. The van der Waals surface area contributed by atoms with Crippen LogP contribution in [0.15, 0.2) is 119 Å². The summed E-state index contributed by atoms with van der Waals surface area (Å²) in [5.74, 6) is 0.799. The van der Waals surface area contributed by atoms with Crippen molar-refractivity contribution in [3.63, 3.8) is 0 Å². The lowest BCUT2D eigenvalue weighted by Gasteiger charge is -2.19. The van der Waals surface area contributed by atoms with Crippen molar-refractivity contribution < 1.29 is 4.42 Å². The zero-order valence-corrected chi connectivity index (χ0v) is 22.0. The second kappa shape index (κ2) is 8.05. The first kappa shape index (κ1) is 21.5. The fourth-order valence-electron chi connectivity index (χ4n) is 6.89. The number of allylic oxidation sites excluding steroid dienone is 3. The monoisotopic (exact) mass is 516 g/mol. The van der Waals surface area contributed by atoms with Crippen LogP contribution in [0.25, 0.3) is 50.4 Å². The molecule has 184 valence electrons. The van der Waals surface area contributed by atoms with E-state index in [1.54, 1.807) is 0 Å². The first-order valence-electron chi connectivity index (χ1n) is 13.5. The highest BCUT2D eigenvalue weighted by atomic mass is 32.1. The Labute approximate surface area is 229 Å². The minimum Gasteiger partial charge on any atom is -0.456 e. The summed E-state index contributed by atoms with van der Waals surface area (Å²) in [6.45, 7) is 0. The molecule has 0 N–H and O–H groups in total. The van der Waals surface area contributed by atoms with Gasteiger partial charge < -0.3 is 4.42 Å². The van der Waals surface area contributed by atoms with Gasteiger partial charge in [0.1, 0.15) is 11.2 Å². The smallest absolute Gasteiger partial charge is 0.136 e. The van der Waals surface area contributed by atoms with Gasteiger partial charge in [-0.1, -0.05) is 91.0 Å². The lowest BCUT2D eigenvalue weighted by atomic mass is 9.84. The second-order valence-corrected chi connectivity index (χ2v) is 11.7. The van der Waals surface area contributed by atoms with Crippen LogP contribution in [0.3, 0.4) is 0 Å². The predicted molar refractivity (Wildman–Crippen MR) is 168 cm³/mol. The lowest BCUT2D eigenvalue weighted by Crippen LogP contribution is -2.29. The lowest BCUT2D eigenvalue weighted by molar-refractivity contribution is 0.669. The van der Waals surface area contributed by atoms with E-state index in [0.29, 0.717) is 11.8 Å². The number of rotatable bonds is 2. The number of hydrogen-bond acceptors (Lipinski definition) is 1. The molecule has 1 aromatic heterocycles. The van der Waals surface area contributed by atoms with E-state index in [9.17, 15) is 0 Å². The molecule has 2 heteroatoms. The second-order valence-electron chi connectivity index (χ2n) is 10.7. The van der Waals surface area contributed by atoms with E-state index in [0.717, 1.165) is 11.2 Å². The van der Waals surface area contributed by atoms with Crippen molar-refractivity contribution in [2.45, 2.75) is 11.8 Å². The summed E-state index contributed by atoms with van der Waals surface area (Å²) in [7, 11) is 0. The topological polar surface area (TPSA) is 13.1 Å². The first-order valence-corrected chi connectivity index (χ1v) is 14.5. The normalized spacial score (nSPS) is 19.1. The molecule has 9 rings (SSSR count). The van der Waals surface area contributed by atoms with Crippen LogP contribution in [0.1, 0.15) is 34.1 Å². The Morgan fingerprint density at radius 1 is 0.615 bits per heavy atom. The Hall–Kier alpha value is -4.40. The molecule has 39 heavy (non-hydrogen) atoms. The molecule has 1 nitrogen and oxygen atoms in total. The summed E-state index contributed by atoms with van der Waals surface area (Å²) in [6.07, 6.45) is 9.56. The number of furan rings is 1. The molecule has 0 saturated heterocycles. The Balaban J connectivity index is 1.17. The molecule has 0 bridgehead atoms. The van der Waals surface area contributed by atoms with Crippen molar-refractivity contribution in [2.24, 2.45) is 0 Å². The SMILES string of the molecule is C1=CC(c2cccc3oc4ccccc4c23)=[SH]C=C1c1cc2c3c(cccc3c1)C1C=c3ccccc3=CC21. The van der Waals surface area contributed by atoms with Gasteiger partial charge in [0.15, 0.2) is 0 Å². The third-order valence-corrected chi connectivity index (χ3v) is 9.71. The molecule has 6 aromatic rings. The van der Waals surface area contributed by atoms with E-state index in [4.69, 9.17) is 4.42 Å². The molecule has 0 saturated carbocycles. The highest BCUT2D eigenvalue weighted by Crippen LogP contribution is 2.50. The van der Waals surface area contributed by atoms with E-state index in [2.05, 4.69) is 121 Å². The summed E-state index contributed by atoms with van der Waals surface area (Å²) >= 11 is 1.20. The van der Waals surface area contributed by atoms with Gasteiger partial charge in [-0.05, 0) is 84.8 Å². The number of hydrogen-bond donors (Lipinski definition) is 1. The van der Waals surface area contributed by atoms with Gasteiger partial charge in [0, 0.05) is 27.5 Å². The average molecular weight is 517 g/mol. The molecule has 5 aromatic carbocycles. The average Bonchev–Trinajstić information content (AvgIpc) is 3.53. The van der Waals surface area contributed by atoms with E-state index >= 15 is 0 Å². The molecule has 2 aliphatic carbocycles. The van der Waals surface area contributed by atoms with Crippen LogP contribution in [0.5, 0.6) is 0 Å². The van der Waals surface area contributed by atoms with Crippen LogP contribution in [-0.4, -0.2) is 4.86 Å². The van der Waals surface area contributed by atoms with E-state index in [-0.39, 0.29) is 0 Å². The van der Waals surface area contributed by atoms with Crippen LogP contribution in [-0.2, 0) is 0 Å². The molecule has 2 unspecified atom stereocenters. The van der Waals surface area contributed by atoms with Crippen LogP contribution in [0, 0.1) is 0 Å². The summed E-state index contributed by atoms with van der Waals surface area (Å²) < 4.78 is 6.15. The molecular weight excluding hydrogens is 492 g/mol. The Morgan fingerprint density at radius 2 is 1.38 bits per heavy atom. The minimum absolute atomic E-state index is 0.388. The van der Waals surface area contributed by atoms with Gasteiger partial charge in [0.2, 0.25) is 0 Å². The van der Waals surface area contributed by atoms with Gasteiger partial charge in [-0.2, -0.15) is 11.4 Å². The first-order chi connectivity index (χ1) is 19.3. The van der Waals surface area contributed by atoms with Gasteiger partial charge in [0.05, 0.1) is 0 Å². The molecule has 2 atom stereocenters. The van der Waals surface area contributed by atoms with Crippen molar-refractivity contribution in [3.05, 3.63) is 147 Å². The molecule has 1 aliphatic heterocycles. The van der Waals surface area contributed by atoms with Crippen molar-refractivity contribution in [2.75, 3.05) is 0 Å². The van der Waals surface area contributed by atoms with Crippen molar-refractivity contribution in [3.8, 4) is 0 Å². The zero-order valence-electron chi connectivity index (χ0n) is 21.1. The number of fused-ring (bicyclic) bond motifs is 7. The highest BCUT2D eigenvalue weighted by Gasteiger charge is 2.33. The van der Waals surface area contributed by atoms with E-state index < -0.39 is 0 Å². The fraction of sp³-hybridized carbons (Fsp3) is 0.0541. The number of thiol groups is 1. The summed E-state index contributed by atoms with van der Waals surface area (Å²) in [5, 5.41) is 10.2. The summed E-state index contributed by atoms with van der Waals surface area (Å²) in [5.41, 5.74) is 8.66. The van der Waals surface area contributed by atoms with E-state index in [1.807, 2.05) is 6.07 Å². The third-order valence-electron chi connectivity index (χ3n) is 8.63. The molecule has 0 fully saturated rings. The number of para-hydroxylation sites is 1. The Kier molecular flexibility index (Phi) is 4.44. The van der Waals surface area contributed by atoms with Gasteiger partial charge in [-0.15, -0.1) is 0 Å². The quantitative estimate of drug-likeness (QED) is 0.183. The maximum absolute atomic E-state index is 6.15. The Morgan fingerprint density at radius 3 is 2.23 bits per heavy atom. The number of benzene rings is 5. The maximum atomic E-state index is 6.15. The van der Waals surface area contributed by atoms with Crippen LogP contribution >= 0.6 is 11.4 Å². The summed E-state index contributed by atoms with van der Waals surface area (Å²) in [4.78, 5) is 1.30. The van der Waals surface area contributed by atoms with Crippen LogP contribution in [0.4, 0.5) is 0 Å². The standard InChI is InChI=1S/C37H24OS/c1-2-8-23-19-31-30(18-22(23)7-1)27-11-5-9-24-17-26(20-32(31)36(24)27)25-15-16-35(39-21-25)29-12-6-14-34-37(29)28-10-3-4-13-33(28)38-34/h1-21,30-31,39H. The van der Waals surface area contributed by atoms with Crippen molar-refractivity contribution in [1.29, 1.82) is 0 Å². The van der Waals surface area contributed by atoms with Crippen LogP contribution < -0.4 is 10.4 Å². The highest BCUT2D eigenvalue weighted by molar-refractivity contribution is 8.02. The molecule has 2 heterocycles. The van der Waals surface area contributed by atoms with Gasteiger partial charge in [-0.25, -0.2) is 0 Å². The van der Waals surface area contributed by atoms with Crippen molar-refractivity contribution >= 4 is 66.7 Å². The third kappa shape index (κ3) is 3.13. The maximum Gasteiger partial charge on any atom is 0.136 e. The van der Waals surface area contributed by atoms with E-state index in [1.165, 1.54) is 76.0 Å². The molecule has 3 aliphatic rings. The van der Waals surface area contributed by atoms with Gasteiger partial charge in [-0.3, -0.25) is 0 Å². The summed E-state index contributed by atoms with van der Waals surface area (Å²) in [6, 6.07) is 35.2. The van der Waals surface area contributed by atoms with Crippen LogP contribution in [0.2, 0.25) is 0 Å². The fourth-order valence-corrected chi connectivity index (χ4v) is 7.89. The Bertz CT molecular complexity index is 2240. The zero-order chi connectivity index (χ0) is 25.5. The van der Waals surface area contributed by atoms with Crippen molar-refractivity contribution in [1.82, 2.24) is 0 Å². The molecule has 0 amide bonds. The minimum atomic E-state index is 0.388. The predicted octanol–water partition coefficient (Wildman–Crippen LogP) is 7.79. The van der Waals surface area contributed by atoms with Gasteiger partial charge >= 0.3 is 0 Å². The van der Waals surface area contributed by atoms with Gasteiger partial charge in [0.25, 0.3) is 0 Å².